The molecule has 0 aromatic heterocycles. The maximum absolute atomic E-state index is 5.69. The van der Waals surface area contributed by atoms with Crippen LogP contribution >= 0.6 is 0 Å². The van der Waals surface area contributed by atoms with Crippen molar-refractivity contribution in [1.29, 1.82) is 0 Å². The zero-order valence-electron chi connectivity index (χ0n) is 9.78. The van der Waals surface area contributed by atoms with Crippen molar-refractivity contribution < 1.29 is 4.74 Å². The average molecular weight is 223 g/mol. The van der Waals surface area contributed by atoms with E-state index in [1.807, 2.05) is 18.2 Å². The van der Waals surface area contributed by atoms with Gasteiger partial charge in [0.05, 0.1) is 7.11 Å². The van der Waals surface area contributed by atoms with Crippen molar-refractivity contribution in [3.8, 4) is 5.75 Å². The Morgan fingerprint density at radius 2 is 2.25 bits per heavy atom. The van der Waals surface area contributed by atoms with Gasteiger partial charge < -0.3 is 21.5 Å². The minimum atomic E-state index is 0.0466. The first-order valence-corrected chi connectivity index (χ1v) is 5.55. The van der Waals surface area contributed by atoms with Crippen LogP contribution in [0.5, 0.6) is 5.75 Å². The quantitative estimate of drug-likeness (QED) is 0.574. The Bertz CT molecular complexity index is 304. The fraction of sp³-hybridized carbons (Fsp3) is 0.500. The molecular weight excluding hydrogens is 202 g/mol. The van der Waals surface area contributed by atoms with Crippen molar-refractivity contribution in [2.75, 3.05) is 26.7 Å². The summed E-state index contributed by atoms with van der Waals surface area (Å²) >= 11 is 0. The topological polar surface area (TPSA) is 73.3 Å². The van der Waals surface area contributed by atoms with Gasteiger partial charge in [0.25, 0.3) is 0 Å². The second kappa shape index (κ2) is 7.22. The van der Waals surface area contributed by atoms with E-state index in [0.29, 0.717) is 6.54 Å². The van der Waals surface area contributed by atoms with Gasteiger partial charge in [-0.2, -0.15) is 0 Å². The second-order valence-electron chi connectivity index (χ2n) is 3.80. The van der Waals surface area contributed by atoms with Gasteiger partial charge in [0.1, 0.15) is 5.75 Å². The van der Waals surface area contributed by atoms with Crippen LogP contribution in [-0.4, -0.2) is 32.8 Å². The van der Waals surface area contributed by atoms with Crippen LogP contribution < -0.4 is 21.5 Å². The lowest BCUT2D eigenvalue weighted by molar-refractivity contribution is 0.414. The predicted octanol–water partition coefficient (Wildman–Crippen LogP) is 0.113. The third-order valence-corrected chi connectivity index (χ3v) is 2.43. The number of benzene rings is 1. The van der Waals surface area contributed by atoms with Gasteiger partial charge >= 0.3 is 0 Å². The van der Waals surface area contributed by atoms with Crippen molar-refractivity contribution in [2.45, 2.75) is 12.5 Å². The molecule has 0 saturated heterocycles. The lowest BCUT2D eigenvalue weighted by atomic mass is 10.1. The summed E-state index contributed by atoms with van der Waals surface area (Å²) in [5.41, 5.74) is 12.4. The zero-order valence-corrected chi connectivity index (χ0v) is 9.78. The molecule has 16 heavy (non-hydrogen) atoms. The largest absolute Gasteiger partial charge is 0.497 e. The van der Waals surface area contributed by atoms with Crippen molar-refractivity contribution in [3.05, 3.63) is 29.8 Å². The van der Waals surface area contributed by atoms with E-state index in [1.165, 1.54) is 5.56 Å². The summed E-state index contributed by atoms with van der Waals surface area (Å²) in [5.74, 6) is 0.899. The Kier molecular flexibility index (Phi) is 5.85. The van der Waals surface area contributed by atoms with Gasteiger partial charge in [-0.1, -0.05) is 12.1 Å². The first-order valence-electron chi connectivity index (χ1n) is 5.55. The molecule has 0 heterocycles. The molecule has 1 aromatic rings. The molecule has 0 aliphatic carbocycles. The van der Waals surface area contributed by atoms with Gasteiger partial charge in [-0.25, -0.2) is 0 Å². The van der Waals surface area contributed by atoms with E-state index in [4.69, 9.17) is 16.2 Å². The van der Waals surface area contributed by atoms with E-state index >= 15 is 0 Å². The van der Waals surface area contributed by atoms with Gasteiger partial charge in [0.2, 0.25) is 0 Å². The Morgan fingerprint density at radius 1 is 1.44 bits per heavy atom. The third kappa shape index (κ3) is 4.61. The maximum atomic E-state index is 5.69. The number of hydrogen-bond acceptors (Lipinski definition) is 4. The molecule has 0 fully saturated rings. The number of methoxy groups -OCH3 is 1. The SMILES string of the molecule is COc1cccc(CCNCC(N)CN)c1. The minimum Gasteiger partial charge on any atom is -0.497 e. The molecule has 90 valence electrons. The van der Waals surface area contributed by atoms with Crippen LogP contribution in [0.3, 0.4) is 0 Å². The van der Waals surface area contributed by atoms with Gasteiger partial charge in [-0.15, -0.1) is 0 Å². The Labute approximate surface area is 97.0 Å². The summed E-state index contributed by atoms with van der Waals surface area (Å²) in [5, 5.41) is 3.28. The highest BCUT2D eigenvalue weighted by Gasteiger charge is 1.99. The molecule has 1 unspecified atom stereocenters. The van der Waals surface area contributed by atoms with Crippen molar-refractivity contribution in [3.63, 3.8) is 0 Å². The maximum Gasteiger partial charge on any atom is 0.119 e. The summed E-state index contributed by atoms with van der Waals surface area (Å²) in [6, 6.07) is 8.13. The fourth-order valence-electron chi connectivity index (χ4n) is 1.43. The van der Waals surface area contributed by atoms with Crippen molar-refractivity contribution >= 4 is 0 Å². The minimum absolute atomic E-state index is 0.0466. The molecule has 0 radical (unpaired) electrons. The highest BCUT2D eigenvalue weighted by atomic mass is 16.5. The Hall–Kier alpha value is -1.10. The lowest BCUT2D eigenvalue weighted by Crippen LogP contribution is -2.40. The van der Waals surface area contributed by atoms with E-state index in [0.717, 1.165) is 25.3 Å². The van der Waals surface area contributed by atoms with Crippen LogP contribution in [0.1, 0.15) is 5.56 Å². The van der Waals surface area contributed by atoms with Gasteiger partial charge in [-0.05, 0) is 30.7 Å². The van der Waals surface area contributed by atoms with Crippen LogP contribution in [0.25, 0.3) is 0 Å². The standard InChI is InChI=1S/C12H21N3O/c1-16-12-4-2-3-10(7-12)5-6-15-9-11(14)8-13/h2-4,7,11,15H,5-6,8-9,13-14H2,1H3. The first-order chi connectivity index (χ1) is 7.76. The molecule has 5 N–H and O–H groups in total. The van der Waals surface area contributed by atoms with Gasteiger partial charge in [0, 0.05) is 19.1 Å². The van der Waals surface area contributed by atoms with Crippen LogP contribution in [0, 0.1) is 0 Å². The van der Waals surface area contributed by atoms with Crippen LogP contribution in [0.15, 0.2) is 24.3 Å². The molecule has 1 rings (SSSR count). The first kappa shape index (κ1) is 13.0. The van der Waals surface area contributed by atoms with E-state index < -0.39 is 0 Å². The highest BCUT2D eigenvalue weighted by molar-refractivity contribution is 5.28. The van der Waals surface area contributed by atoms with Crippen molar-refractivity contribution in [1.82, 2.24) is 5.32 Å². The average Bonchev–Trinajstić information content (AvgIpc) is 2.34. The highest BCUT2D eigenvalue weighted by Crippen LogP contribution is 2.12. The summed E-state index contributed by atoms with van der Waals surface area (Å²) in [4.78, 5) is 0. The summed E-state index contributed by atoms with van der Waals surface area (Å²) in [6.45, 7) is 2.19. The van der Waals surface area contributed by atoms with E-state index in [2.05, 4.69) is 11.4 Å². The van der Waals surface area contributed by atoms with E-state index in [-0.39, 0.29) is 6.04 Å². The molecule has 0 aliphatic rings. The normalized spacial score (nSPS) is 12.4. The summed E-state index contributed by atoms with van der Waals surface area (Å²) in [7, 11) is 1.68. The van der Waals surface area contributed by atoms with Gasteiger partial charge in [0.15, 0.2) is 0 Å². The Balaban J connectivity index is 2.26. The second-order valence-corrected chi connectivity index (χ2v) is 3.80. The Morgan fingerprint density at radius 3 is 2.94 bits per heavy atom. The zero-order chi connectivity index (χ0) is 11.8. The molecule has 4 nitrogen and oxygen atoms in total. The third-order valence-electron chi connectivity index (χ3n) is 2.43. The molecule has 0 spiro atoms. The molecule has 1 atom stereocenters. The number of nitrogens with one attached hydrogen (secondary N) is 1. The number of nitrogens with two attached hydrogens (primary N) is 2. The van der Waals surface area contributed by atoms with E-state index in [1.54, 1.807) is 7.11 Å². The molecule has 0 amide bonds. The number of hydrogen-bond donors (Lipinski definition) is 3. The molecule has 0 aliphatic heterocycles. The van der Waals surface area contributed by atoms with Gasteiger partial charge in [-0.3, -0.25) is 0 Å². The number of ether oxygens (including phenoxy) is 1. The summed E-state index contributed by atoms with van der Waals surface area (Å²) in [6.07, 6.45) is 0.967. The number of rotatable bonds is 7. The predicted molar refractivity (Wildman–Crippen MR) is 66.6 cm³/mol. The smallest absolute Gasteiger partial charge is 0.119 e. The lowest BCUT2D eigenvalue weighted by Gasteiger charge is -2.10. The molecule has 0 bridgehead atoms. The molecule has 4 heteroatoms. The summed E-state index contributed by atoms with van der Waals surface area (Å²) < 4.78 is 5.16. The van der Waals surface area contributed by atoms with Crippen LogP contribution in [-0.2, 0) is 6.42 Å². The van der Waals surface area contributed by atoms with Crippen molar-refractivity contribution in [2.24, 2.45) is 11.5 Å². The molecule has 0 saturated carbocycles. The fourth-order valence-corrected chi connectivity index (χ4v) is 1.43. The molecular formula is C12H21N3O. The monoisotopic (exact) mass is 223 g/mol. The van der Waals surface area contributed by atoms with Crippen LogP contribution in [0.2, 0.25) is 0 Å². The van der Waals surface area contributed by atoms with Crippen LogP contribution in [0.4, 0.5) is 0 Å². The van der Waals surface area contributed by atoms with E-state index in [9.17, 15) is 0 Å². The molecule has 1 aromatic carbocycles.